The number of rotatable bonds is 13. The lowest BCUT2D eigenvalue weighted by atomic mass is 10.1. The van der Waals surface area contributed by atoms with Crippen LogP contribution in [0.5, 0.6) is 11.5 Å². The maximum atomic E-state index is 5.77. The van der Waals surface area contributed by atoms with Crippen LogP contribution < -0.4 is 20.9 Å². The number of ether oxygens (including phenoxy) is 2. The van der Waals surface area contributed by atoms with Gasteiger partial charge < -0.3 is 20.9 Å². The van der Waals surface area contributed by atoms with Gasteiger partial charge in [-0.25, -0.2) is 0 Å². The van der Waals surface area contributed by atoms with E-state index in [-0.39, 0.29) is 24.8 Å². The quantitative estimate of drug-likeness (QED) is 0.459. The molecule has 0 bridgehead atoms. The fourth-order valence-corrected chi connectivity index (χ4v) is 2.78. The Morgan fingerprint density at radius 2 is 0.893 bits per heavy atom. The molecular weight excluding hydrogens is 395 g/mol. The van der Waals surface area contributed by atoms with Crippen molar-refractivity contribution >= 4 is 24.8 Å². The molecule has 0 aliphatic heterocycles. The van der Waals surface area contributed by atoms with Crippen molar-refractivity contribution in [1.29, 1.82) is 0 Å². The van der Waals surface area contributed by atoms with Crippen molar-refractivity contribution in [3.8, 4) is 11.5 Å². The topological polar surface area (TPSA) is 70.5 Å². The molecular formula is C22H34Cl2N2O2. The van der Waals surface area contributed by atoms with E-state index < -0.39 is 0 Å². The zero-order chi connectivity index (χ0) is 18.5. The third kappa shape index (κ3) is 10.8. The van der Waals surface area contributed by atoms with Crippen LogP contribution in [0.2, 0.25) is 0 Å². The Kier molecular flexibility index (Phi) is 15.6. The van der Waals surface area contributed by atoms with Crippen LogP contribution in [0.3, 0.4) is 0 Å². The first-order valence-corrected chi connectivity index (χ1v) is 9.65. The normalized spacial score (nSPS) is 9.93. The molecule has 158 valence electrons. The minimum absolute atomic E-state index is 0. The standard InChI is InChI=1S/C22H32N2O2.2ClH/c23-15-13-19-5-9-21(10-6-19)25-17-3-1-2-4-18-26-22-11-7-20(8-12-22)14-16-24;;/h5-12H,1-4,13-18,23-24H2;2*1H. The maximum Gasteiger partial charge on any atom is 0.119 e. The van der Waals surface area contributed by atoms with Crippen molar-refractivity contribution in [2.45, 2.75) is 38.5 Å². The third-order valence-corrected chi connectivity index (χ3v) is 4.29. The molecule has 0 saturated heterocycles. The summed E-state index contributed by atoms with van der Waals surface area (Å²) in [6.07, 6.45) is 6.28. The Morgan fingerprint density at radius 3 is 1.21 bits per heavy atom. The molecule has 6 heteroatoms. The molecule has 0 atom stereocenters. The highest BCUT2D eigenvalue weighted by molar-refractivity contribution is 5.85. The Hall–Kier alpha value is -1.46. The van der Waals surface area contributed by atoms with Gasteiger partial charge in [0, 0.05) is 0 Å². The zero-order valence-corrected chi connectivity index (χ0v) is 18.1. The molecule has 0 aromatic heterocycles. The summed E-state index contributed by atoms with van der Waals surface area (Å²) in [5.74, 6) is 1.87. The summed E-state index contributed by atoms with van der Waals surface area (Å²) >= 11 is 0. The number of nitrogens with two attached hydrogens (primary N) is 2. The summed E-state index contributed by atoms with van der Waals surface area (Å²) in [6, 6.07) is 16.4. The van der Waals surface area contributed by atoms with E-state index >= 15 is 0 Å². The van der Waals surface area contributed by atoms with Crippen LogP contribution in [0, 0.1) is 0 Å². The molecule has 2 aromatic rings. The third-order valence-electron chi connectivity index (χ3n) is 4.29. The van der Waals surface area contributed by atoms with Crippen LogP contribution in [0.25, 0.3) is 0 Å². The second-order valence-corrected chi connectivity index (χ2v) is 6.48. The van der Waals surface area contributed by atoms with Crippen LogP contribution in [0.15, 0.2) is 48.5 Å². The Morgan fingerprint density at radius 1 is 0.536 bits per heavy atom. The van der Waals surface area contributed by atoms with E-state index in [0.717, 1.165) is 63.2 Å². The number of benzene rings is 2. The summed E-state index contributed by atoms with van der Waals surface area (Å²) in [5, 5.41) is 0. The monoisotopic (exact) mass is 428 g/mol. The van der Waals surface area contributed by atoms with Gasteiger partial charge in [0.2, 0.25) is 0 Å². The summed E-state index contributed by atoms with van der Waals surface area (Å²) < 4.78 is 11.5. The lowest BCUT2D eigenvalue weighted by molar-refractivity contribution is 0.287. The summed E-state index contributed by atoms with van der Waals surface area (Å²) in [5.41, 5.74) is 13.6. The van der Waals surface area contributed by atoms with Gasteiger partial charge in [0.15, 0.2) is 0 Å². The van der Waals surface area contributed by atoms with Crippen molar-refractivity contribution in [3.63, 3.8) is 0 Å². The second-order valence-electron chi connectivity index (χ2n) is 6.48. The van der Waals surface area contributed by atoms with E-state index in [1.165, 1.54) is 11.1 Å². The average Bonchev–Trinajstić information content (AvgIpc) is 2.67. The summed E-state index contributed by atoms with van der Waals surface area (Å²) in [6.45, 7) is 2.90. The molecule has 4 N–H and O–H groups in total. The molecule has 0 amide bonds. The van der Waals surface area contributed by atoms with E-state index in [1.54, 1.807) is 0 Å². The van der Waals surface area contributed by atoms with Crippen LogP contribution in [0.4, 0.5) is 0 Å². The van der Waals surface area contributed by atoms with E-state index in [9.17, 15) is 0 Å². The minimum Gasteiger partial charge on any atom is -0.494 e. The summed E-state index contributed by atoms with van der Waals surface area (Å²) in [7, 11) is 0. The highest BCUT2D eigenvalue weighted by atomic mass is 35.5. The van der Waals surface area contributed by atoms with Crippen molar-refractivity contribution < 1.29 is 9.47 Å². The molecule has 2 rings (SSSR count). The van der Waals surface area contributed by atoms with Gasteiger partial charge in [-0.2, -0.15) is 0 Å². The van der Waals surface area contributed by atoms with Gasteiger partial charge in [-0.1, -0.05) is 24.3 Å². The number of hydrogen-bond donors (Lipinski definition) is 2. The van der Waals surface area contributed by atoms with Gasteiger partial charge in [0.1, 0.15) is 11.5 Å². The highest BCUT2D eigenvalue weighted by Gasteiger charge is 1.98. The van der Waals surface area contributed by atoms with E-state index in [1.807, 2.05) is 24.3 Å². The fraction of sp³-hybridized carbons (Fsp3) is 0.455. The van der Waals surface area contributed by atoms with Crippen molar-refractivity contribution in [2.75, 3.05) is 26.3 Å². The molecule has 4 nitrogen and oxygen atoms in total. The molecule has 0 unspecified atom stereocenters. The van der Waals surface area contributed by atoms with Crippen molar-refractivity contribution in [3.05, 3.63) is 59.7 Å². The van der Waals surface area contributed by atoms with Gasteiger partial charge in [-0.3, -0.25) is 0 Å². The fourth-order valence-electron chi connectivity index (χ4n) is 2.78. The van der Waals surface area contributed by atoms with Gasteiger partial charge in [-0.15, -0.1) is 24.8 Å². The van der Waals surface area contributed by atoms with E-state index in [2.05, 4.69) is 24.3 Å². The zero-order valence-electron chi connectivity index (χ0n) is 16.5. The smallest absolute Gasteiger partial charge is 0.119 e. The van der Waals surface area contributed by atoms with Gasteiger partial charge in [-0.05, 0) is 87.0 Å². The molecule has 0 fully saturated rings. The van der Waals surface area contributed by atoms with Crippen LogP contribution in [0.1, 0.15) is 36.8 Å². The largest absolute Gasteiger partial charge is 0.494 e. The number of halogens is 2. The Bertz CT molecular complexity index is 551. The van der Waals surface area contributed by atoms with Crippen LogP contribution in [-0.4, -0.2) is 26.3 Å². The molecule has 0 aliphatic rings. The minimum atomic E-state index is 0. The predicted molar refractivity (Wildman–Crippen MR) is 122 cm³/mol. The first-order valence-electron chi connectivity index (χ1n) is 9.65. The predicted octanol–water partition coefficient (Wildman–Crippen LogP) is 4.55. The van der Waals surface area contributed by atoms with Gasteiger partial charge >= 0.3 is 0 Å². The Balaban J connectivity index is 0.00000364. The molecule has 0 heterocycles. The highest BCUT2D eigenvalue weighted by Crippen LogP contribution is 2.14. The van der Waals surface area contributed by atoms with Crippen molar-refractivity contribution in [2.24, 2.45) is 11.5 Å². The maximum absolute atomic E-state index is 5.77. The van der Waals surface area contributed by atoms with Gasteiger partial charge in [0.25, 0.3) is 0 Å². The molecule has 0 aliphatic carbocycles. The van der Waals surface area contributed by atoms with Crippen LogP contribution >= 0.6 is 24.8 Å². The van der Waals surface area contributed by atoms with Crippen molar-refractivity contribution in [1.82, 2.24) is 0 Å². The van der Waals surface area contributed by atoms with Crippen LogP contribution in [-0.2, 0) is 12.8 Å². The van der Waals surface area contributed by atoms with E-state index in [0.29, 0.717) is 13.1 Å². The molecule has 0 saturated carbocycles. The Labute approximate surface area is 181 Å². The number of unbranched alkanes of at least 4 members (excludes halogenated alkanes) is 3. The second kappa shape index (κ2) is 16.5. The molecule has 0 radical (unpaired) electrons. The lowest BCUT2D eigenvalue weighted by Gasteiger charge is -2.08. The first-order chi connectivity index (χ1) is 12.8. The molecule has 28 heavy (non-hydrogen) atoms. The first kappa shape index (κ1) is 26.5. The average molecular weight is 429 g/mol. The number of hydrogen-bond acceptors (Lipinski definition) is 4. The lowest BCUT2D eigenvalue weighted by Crippen LogP contribution is -2.03. The van der Waals surface area contributed by atoms with E-state index in [4.69, 9.17) is 20.9 Å². The molecule has 2 aromatic carbocycles. The SMILES string of the molecule is Cl.Cl.NCCc1ccc(OCCCCCCOc2ccc(CCN)cc2)cc1. The molecule has 0 spiro atoms. The summed E-state index contributed by atoms with van der Waals surface area (Å²) in [4.78, 5) is 0. The van der Waals surface area contributed by atoms with Gasteiger partial charge in [0.05, 0.1) is 13.2 Å².